The molecule has 3 aromatic rings. The second-order valence-corrected chi connectivity index (χ2v) is 9.70. The molecule has 3 N–H and O–H groups in total. The first-order valence-corrected chi connectivity index (χ1v) is 13.3. The summed E-state index contributed by atoms with van der Waals surface area (Å²) >= 11 is 0. The van der Waals surface area contributed by atoms with E-state index < -0.39 is 18.2 Å². The molecule has 0 radical (unpaired) electrons. The number of carboxylic acids is 1. The van der Waals surface area contributed by atoms with Gasteiger partial charge in [0.05, 0.1) is 5.69 Å². The number of rotatable bonds is 10. The standard InChI is InChI=1S/C31H34N2O6/c34-29(35)13-7-10-22-14-19-27(24-11-5-2-6-12-24)28(20-22)33-31(37)39-26-17-15-25(16-18-26)32-30(36)38-21-23-8-3-1-4-9-23/h1-6,8-9,11-12,14,19-20,25-26H,7,10,13,15-18,21H2,(H,32,36)(H,33,37)(H,34,35)/t25-,26-. The lowest BCUT2D eigenvalue weighted by atomic mass is 9.93. The minimum atomic E-state index is -0.827. The molecule has 39 heavy (non-hydrogen) atoms. The summed E-state index contributed by atoms with van der Waals surface area (Å²) in [7, 11) is 0. The Labute approximate surface area is 228 Å². The minimum Gasteiger partial charge on any atom is -0.481 e. The van der Waals surface area contributed by atoms with Crippen molar-refractivity contribution in [3.05, 3.63) is 90.0 Å². The fourth-order valence-corrected chi connectivity index (χ4v) is 4.71. The molecule has 2 amide bonds. The fraction of sp³-hybridized carbons (Fsp3) is 0.323. The maximum Gasteiger partial charge on any atom is 0.411 e. The van der Waals surface area contributed by atoms with Crippen LogP contribution in [0.25, 0.3) is 11.1 Å². The number of alkyl carbamates (subject to hydrolysis) is 1. The highest BCUT2D eigenvalue weighted by molar-refractivity contribution is 5.91. The molecule has 0 saturated heterocycles. The lowest BCUT2D eigenvalue weighted by Gasteiger charge is -2.28. The third kappa shape index (κ3) is 8.88. The Morgan fingerprint density at radius 2 is 1.51 bits per heavy atom. The summed E-state index contributed by atoms with van der Waals surface area (Å²) in [5.41, 5.74) is 4.30. The average Bonchev–Trinajstić information content (AvgIpc) is 2.94. The predicted molar refractivity (Wildman–Crippen MR) is 148 cm³/mol. The van der Waals surface area contributed by atoms with Gasteiger partial charge in [-0.2, -0.15) is 0 Å². The van der Waals surface area contributed by atoms with Gasteiger partial charge in [0.25, 0.3) is 0 Å². The van der Waals surface area contributed by atoms with Crippen molar-refractivity contribution in [3.8, 4) is 11.1 Å². The molecule has 0 aromatic heterocycles. The van der Waals surface area contributed by atoms with Gasteiger partial charge < -0.3 is 19.9 Å². The summed E-state index contributed by atoms with van der Waals surface area (Å²) in [6.07, 6.45) is 2.62. The third-order valence-electron chi connectivity index (χ3n) is 6.74. The van der Waals surface area contributed by atoms with E-state index in [4.69, 9.17) is 14.6 Å². The second-order valence-electron chi connectivity index (χ2n) is 9.70. The van der Waals surface area contributed by atoms with Crippen LogP contribution in [0.5, 0.6) is 0 Å². The van der Waals surface area contributed by atoms with Crippen LogP contribution in [0, 0.1) is 0 Å². The van der Waals surface area contributed by atoms with Crippen LogP contribution in [0.1, 0.15) is 49.7 Å². The summed E-state index contributed by atoms with van der Waals surface area (Å²) < 4.78 is 11.0. The van der Waals surface area contributed by atoms with Gasteiger partial charge in [0.2, 0.25) is 0 Å². The van der Waals surface area contributed by atoms with E-state index >= 15 is 0 Å². The van der Waals surface area contributed by atoms with Gasteiger partial charge in [-0.15, -0.1) is 0 Å². The topological polar surface area (TPSA) is 114 Å². The molecule has 0 bridgehead atoms. The highest BCUT2D eigenvalue weighted by Crippen LogP contribution is 2.30. The Morgan fingerprint density at radius 3 is 2.21 bits per heavy atom. The highest BCUT2D eigenvalue weighted by atomic mass is 16.6. The number of amides is 2. The van der Waals surface area contributed by atoms with Crippen LogP contribution in [0.15, 0.2) is 78.9 Å². The number of carboxylic acid groups (broad SMARTS) is 1. The first-order valence-electron chi connectivity index (χ1n) is 13.3. The first-order chi connectivity index (χ1) is 19.0. The average molecular weight is 531 g/mol. The number of carbonyl (C=O) groups is 3. The smallest absolute Gasteiger partial charge is 0.411 e. The molecule has 204 valence electrons. The minimum absolute atomic E-state index is 0.0247. The van der Waals surface area contributed by atoms with Gasteiger partial charge in [0.1, 0.15) is 12.7 Å². The van der Waals surface area contributed by atoms with Crippen molar-refractivity contribution >= 4 is 23.8 Å². The zero-order valence-corrected chi connectivity index (χ0v) is 21.8. The SMILES string of the molecule is O=C(O)CCCc1ccc(-c2ccccc2)c(NC(=O)O[C@H]2CC[C@H](NC(=O)OCc3ccccc3)CC2)c1. The third-order valence-corrected chi connectivity index (χ3v) is 6.74. The maximum atomic E-state index is 12.9. The van der Waals surface area contributed by atoms with Crippen molar-refractivity contribution < 1.29 is 29.0 Å². The molecular formula is C31H34N2O6. The Hall–Kier alpha value is -4.33. The predicted octanol–water partition coefficient (Wildman–Crippen LogP) is 6.55. The molecule has 3 aromatic carbocycles. The zero-order valence-electron chi connectivity index (χ0n) is 21.8. The van der Waals surface area contributed by atoms with Crippen molar-refractivity contribution in [2.75, 3.05) is 5.32 Å². The van der Waals surface area contributed by atoms with E-state index in [1.54, 1.807) is 0 Å². The van der Waals surface area contributed by atoms with Crippen molar-refractivity contribution in [2.45, 2.75) is 63.7 Å². The van der Waals surface area contributed by atoms with Gasteiger partial charge >= 0.3 is 18.2 Å². The van der Waals surface area contributed by atoms with Crippen LogP contribution in [0.2, 0.25) is 0 Å². The van der Waals surface area contributed by atoms with E-state index in [1.807, 2.05) is 78.9 Å². The van der Waals surface area contributed by atoms with Gasteiger partial charge in [-0.25, -0.2) is 9.59 Å². The second kappa shape index (κ2) is 14.0. The molecule has 1 aliphatic rings. The van der Waals surface area contributed by atoms with Crippen LogP contribution >= 0.6 is 0 Å². The summed E-state index contributed by atoms with van der Waals surface area (Å²) in [5, 5.41) is 14.7. The molecule has 0 heterocycles. The van der Waals surface area contributed by atoms with Crippen LogP contribution in [0.3, 0.4) is 0 Å². The molecule has 8 heteroatoms. The number of benzene rings is 3. The van der Waals surface area contributed by atoms with Gasteiger partial charge in [-0.1, -0.05) is 72.8 Å². The summed E-state index contributed by atoms with van der Waals surface area (Å²) in [5.74, 6) is -0.827. The normalized spacial score (nSPS) is 16.6. The molecule has 1 fully saturated rings. The summed E-state index contributed by atoms with van der Waals surface area (Å²) in [6, 6.07) is 25.0. The Kier molecular flexibility index (Phi) is 9.94. The number of aryl methyl sites for hydroxylation is 1. The number of carbonyl (C=O) groups excluding carboxylic acids is 2. The van der Waals surface area contributed by atoms with E-state index in [9.17, 15) is 14.4 Å². The number of hydrogen-bond donors (Lipinski definition) is 3. The van der Waals surface area contributed by atoms with E-state index in [2.05, 4.69) is 10.6 Å². The van der Waals surface area contributed by atoms with Crippen LogP contribution < -0.4 is 10.6 Å². The fourth-order valence-electron chi connectivity index (χ4n) is 4.71. The summed E-state index contributed by atoms with van der Waals surface area (Å²) in [4.78, 5) is 35.9. The summed E-state index contributed by atoms with van der Waals surface area (Å²) in [6.45, 7) is 0.219. The Balaban J connectivity index is 1.28. The van der Waals surface area contributed by atoms with Gasteiger partial charge in [-0.3, -0.25) is 10.1 Å². The van der Waals surface area contributed by atoms with Crippen LogP contribution in [-0.4, -0.2) is 35.4 Å². The molecule has 8 nitrogen and oxygen atoms in total. The number of nitrogens with one attached hydrogen (secondary N) is 2. The van der Waals surface area contributed by atoms with E-state index in [1.165, 1.54) is 0 Å². The van der Waals surface area contributed by atoms with Gasteiger partial charge in [-0.05, 0) is 61.3 Å². The largest absolute Gasteiger partial charge is 0.481 e. The molecule has 0 spiro atoms. The zero-order chi connectivity index (χ0) is 27.5. The number of ether oxygens (including phenoxy) is 2. The van der Waals surface area contributed by atoms with Crippen molar-refractivity contribution in [1.29, 1.82) is 0 Å². The number of anilines is 1. The van der Waals surface area contributed by atoms with Crippen LogP contribution in [-0.2, 0) is 27.3 Å². The van der Waals surface area contributed by atoms with Gasteiger partial charge in [0, 0.05) is 18.0 Å². The lowest BCUT2D eigenvalue weighted by Crippen LogP contribution is -2.40. The molecule has 4 rings (SSSR count). The first kappa shape index (κ1) is 27.7. The molecule has 0 atom stereocenters. The van der Waals surface area contributed by atoms with Crippen molar-refractivity contribution in [1.82, 2.24) is 5.32 Å². The van der Waals surface area contributed by atoms with Gasteiger partial charge in [0.15, 0.2) is 0 Å². The quantitative estimate of drug-likeness (QED) is 0.274. The monoisotopic (exact) mass is 530 g/mol. The Morgan fingerprint density at radius 1 is 0.821 bits per heavy atom. The van der Waals surface area contributed by atoms with Crippen molar-refractivity contribution in [3.63, 3.8) is 0 Å². The molecule has 0 unspecified atom stereocenters. The van der Waals surface area contributed by atoms with E-state index in [0.29, 0.717) is 44.2 Å². The maximum absolute atomic E-state index is 12.9. The molecule has 0 aliphatic heterocycles. The highest BCUT2D eigenvalue weighted by Gasteiger charge is 2.25. The van der Waals surface area contributed by atoms with E-state index in [0.717, 1.165) is 22.3 Å². The number of hydrogen-bond acceptors (Lipinski definition) is 5. The molecule has 1 aliphatic carbocycles. The van der Waals surface area contributed by atoms with Crippen LogP contribution in [0.4, 0.5) is 15.3 Å². The Bertz CT molecular complexity index is 1240. The molecular weight excluding hydrogens is 496 g/mol. The number of aliphatic carboxylic acids is 1. The lowest BCUT2D eigenvalue weighted by molar-refractivity contribution is -0.137. The van der Waals surface area contributed by atoms with E-state index in [-0.39, 0.29) is 25.2 Å². The molecule has 1 saturated carbocycles. The van der Waals surface area contributed by atoms with Crippen molar-refractivity contribution in [2.24, 2.45) is 0 Å².